The third kappa shape index (κ3) is 1.90. The van der Waals surface area contributed by atoms with Gasteiger partial charge in [0.05, 0.1) is 10.9 Å². The first-order chi connectivity index (χ1) is 9.18. The molecule has 0 radical (unpaired) electrons. The molecule has 0 saturated heterocycles. The fraction of sp³-hybridized carbons (Fsp3) is 0. The van der Waals surface area contributed by atoms with Crippen LogP contribution in [0.1, 0.15) is 0 Å². The lowest BCUT2D eigenvalue weighted by atomic mass is 10.1. The van der Waals surface area contributed by atoms with E-state index in [1.807, 2.05) is 18.2 Å². The lowest BCUT2D eigenvalue weighted by molar-refractivity contribution is 0.478. The molecule has 0 fully saturated rings. The molecule has 0 unspecified atom stereocenters. The second-order valence-corrected chi connectivity index (χ2v) is 4.58. The molecule has 0 atom stereocenters. The normalized spacial score (nSPS) is 10.8. The second-order valence-electron chi connectivity index (χ2n) is 4.13. The number of phenolic OH excluding ortho intramolecular Hbond substituents is 1. The fourth-order valence-corrected chi connectivity index (χ4v) is 2.52. The van der Waals surface area contributed by atoms with Gasteiger partial charge in [-0.05, 0) is 17.7 Å². The molecule has 4 heteroatoms. The summed E-state index contributed by atoms with van der Waals surface area (Å²) in [7, 11) is 0. The fourth-order valence-electron chi connectivity index (χ4n) is 2.07. The van der Waals surface area contributed by atoms with Crippen LogP contribution in [0.15, 0.2) is 62.6 Å². The molecule has 0 aliphatic rings. The van der Waals surface area contributed by atoms with E-state index in [1.54, 1.807) is 24.3 Å². The highest BCUT2D eigenvalue weighted by Gasteiger charge is 2.15. The highest BCUT2D eigenvalue weighted by atomic mass is 32.1. The Hall–Kier alpha value is -2.20. The highest BCUT2D eigenvalue weighted by molar-refractivity contribution is 7.80. The molecule has 0 aliphatic heterocycles. The predicted octanol–water partition coefficient (Wildman–Crippen LogP) is 3.45. The average Bonchev–Trinajstić information content (AvgIpc) is 2.39. The van der Waals surface area contributed by atoms with Crippen LogP contribution in [0.3, 0.4) is 0 Å². The van der Waals surface area contributed by atoms with Crippen LogP contribution in [-0.2, 0) is 0 Å². The van der Waals surface area contributed by atoms with Gasteiger partial charge in [0.15, 0.2) is 0 Å². The van der Waals surface area contributed by atoms with Gasteiger partial charge in [0.1, 0.15) is 11.3 Å². The first-order valence-electron chi connectivity index (χ1n) is 5.71. The minimum absolute atomic E-state index is 0.0448. The van der Waals surface area contributed by atoms with Crippen molar-refractivity contribution in [1.29, 1.82) is 0 Å². The van der Waals surface area contributed by atoms with Gasteiger partial charge in [-0.2, -0.15) is 0 Å². The van der Waals surface area contributed by atoms with E-state index in [0.29, 0.717) is 27.0 Å². The minimum Gasteiger partial charge on any atom is -0.507 e. The Kier molecular flexibility index (Phi) is 2.80. The summed E-state index contributed by atoms with van der Waals surface area (Å²) in [5, 5.41) is 10.4. The van der Waals surface area contributed by atoms with Crippen LogP contribution in [-0.4, -0.2) is 5.11 Å². The van der Waals surface area contributed by atoms with Crippen molar-refractivity contribution in [3.8, 4) is 16.9 Å². The van der Waals surface area contributed by atoms with Crippen molar-refractivity contribution in [2.24, 2.45) is 0 Å². The van der Waals surface area contributed by atoms with Crippen LogP contribution in [0.2, 0.25) is 0 Å². The predicted molar refractivity (Wildman–Crippen MR) is 76.8 cm³/mol. The van der Waals surface area contributed by atoms with E-state index >= 15 is 0 Å². The van der Waals surface area contributed by atoms with Gasteiger partial charge in [0.2, 0.25) is 0 Å². The summed E-state index contributed by atoms with van der Waals surface area (Å²) >= 11 is 4.39. The Morgan fingerprint density at radius 1 is 1.00 bits per heavy atom. The molecule has 1 aromatic heterocycles. The number of hydrogen-bond acceptors (Lipinski definition) is 4. The molecule has 1 heterocycles. The van der Waals surface area contributed by atoms with E-state index in [0.717, 1.165) is 0 Å². The van der Waals surface area contributed by atoms with Crippen molar-refractivity contribution in [2.45, 2.75) is 4.90 Å². The summed E-state index contributed by atoms with van der Waals surface area (Å²) in [5.74, 6) is 0.0448. The molecule has 1 N–H and O–H groups in total. The van der Waals surface area contributed by atoms with Gasteiger partial charge in [0, 0.05) is 4.90 Å². The van der Waals surface area contributed by atoms with E-state index in [4.69, 9.17) is 4.42 Å². The Labute approximate surface area is 114 Å². The van der Waals surface area contributed by atoms with Crippen LogP contribution < -0.4 is 5.63 Å². The van der Waals surface area contributed by atoms with Gasteiger partial charge in [-0.3, -0.25) is 0 Å². The molecule has 19 heavy (non-hydrogen) atoms. The maximum atomic E-state index is 12.1. The summed E-state index contributed by atoms with van der Waals surface area (Å²) in [6.45, 7) is 0. The van der Waals surface area contributed by atoms with Crippen LogP contribution in [0.4, 0.5) is 0 Å². The third-order valence-electron chi connectivity index (χ3n) is 2.95. The first-order valence-corrected chi connectivity index (χ1v) is 6.16. The standard InChI is InChI=1S/C15H10O3S/c16-10-7-4-8-11-13(10)14(19)12(15(17)18-11)9-5-2-1-3-6-9/h1-8,16,19H. The van der Waals surface area contributed by atoms with Crippen molar-refractivity contribution < 1.29 is 9.52 Å². The van der Waals surface area contributed by atoms with Crippen molar-refractivity contribution in [1.82, 2.24) is 0 Å². The number of rotatable bonds is 1. The van der Waals surface area contributed by atoms with E-state index in [1.165, 1.54) is 6.07 Å². The van der Waals surface area contributed by atoms with Gasteiger partial charge in [-0.15, -0.1) is 12.6 Å². The summed E-state index contributed by atoms with van der Waals surface area (Å²) in [4.78, 5) is 12.5. The van der Waals surface area contributed by atoms with Gasteiger partial charge in [-0.1, -0.05) is 36.4 Å². The smallest absolute Gasteiger partial charge is 0.345 e. The summed E-state index contributed by atoms with van der Waals surface area (Å²) in [6.07, 6.45) is 0. The average molecular weight is 270 g/mol. The van der Waals surface area contributed by atoms with E-state index in [-0.39, 0.29) is 5.75 Å². The highest BCUT2D eigenvalue weighted by Crippen LogP contribution is 2.34. The quantitative estimate of drug-likeness (QED) is 0.526. The summed E-state index contributed by atoms with van der Waals surface area (Å²) < 4.78 is 5.24. The third-order valence-corrected chi connectivity index (χ3v) is 3.39. The van der Waals surface area contributed by atoms with Gasteiger partial charge >= 0.3 is 5.63 Å². The lowest BCUT2D eigenvalue weighted by Gasteiger charge is -2.08. The summed E-state index contributed by atoms with van der Waals surface area (Å²) in [5.41, 5.74) is 0.938. The number of phenols is 1. The number of aromatic hydroxyl groups is 1. The number of benzene rings is 2. The van der Waals surface area contributed by atoms with Crippen molar-refractivity contribution >= 4 is 23.6 Å². The molecule has 0 aliphatic carbocycles. The number of hydrogen-bond donors (Lipinski definition) is 2. The van der Waals surface area contributed by atoms with Crippen molar-refractivity contribution in [2.75, 3.05) is 0 Å². The summed E-state index contributed by atoms with van der Waals surface area (Å²) in [6, 6.07) is 13.9. The van der Waals surface area contributed by atoms with Crippen molar-refractivity contribution in [3.63, 3.8) is 0 Å². The molecule has 3 rings (SSSR count). The van der Waals surface area contributed by atoms with Crippen LogP contribution in [0.5, 0.6) is 5.75 Å². The van der Waals surface area contributed by atoms with E-state index in [2.05, 4.69) is 12.6 Å². The van der Waals surface area contributed by atoms with Gasteiger partial charge in [0.25, 0.3) is 0 Å². The number of thiol groups is 1. The zero-order chi connectivity index (χ0) is 13.4. The molecule has 0 spiro atoms. The monoisotopic (exact) mass is 270 g/mol. The molecule has 0 bridgehead atoms. The van der Waals surface area contributed by atoms with Crippen LogP contribution in [0.25, 0.3) is 22.1 Å². The van der Waals surface area contributed by atoms with Crippen LogP contribution in [0, 0.1) is 0 Å². The van der Waals surface area contributed by atoms with Gasteiger partial charge in [-0.25, -0.2) is 4.79 Å². The maximum absolute atomic E-state index is 12.1. The second kappa shape index (κ2) is 4.48. The Morgan fingerprint density at radius 3 is 2.47 bits per heavy atom. The molecule has 3 nitrogen and oxygen atoms in total. The zero-order valence-corrected chi connectivity index (χ0v) is 10.7. The first kappa shape index (κ1) is 11.9. The Bertz CT molecular complexity index is 807. The largest absolute Gasteiger partial charge is 0.507 e. The molecule has 2 aromatic carbocycles. The Morgan fingerprint density at radius 2 is 1.74 bits per heavy atom. The topological polar surface area (TPSA) is 50.4 Å². The maximum Gasteiger partial charge on any atom is 0.345 e. The van der Waals surface area contributed by atoms with E-state index in [9.17, 15) is 9.90 Å². The molecule has 3 aromatic rings. The minimum atomic E-state index is -0.464. The molecule has 0 amide bonds. The molecular weight excluding hydrogens is 260 g/mol. The Balaban J connectivity index is 2.45. The number of fused-ring (bicyclic) bond motifs is 1. The van der Waals surface area contributed by atoms with Gasteiger partial charge < -0.3 is 9.52 Å². The molecule has 94 valence electrons. The lowest BCUT2D eigenvalue weighted by Crippen LogP contribution is -2.04. The van der Waals surface area contributed by atoms with Crippen LogP contribution >= 0.6 is 12.6 Å². The molecule has 0 saturated carbocycles. The van der Waals surface area contributed by atoms with Crippen molar-refractivity contribution in [3.05, 3.63) is 59.0 Å². The zero-order valence-electron chi connectivity index (χ0n) is 9.83. The van der Waals surface area contributed by atoms with E-state index < -0.39 is 5.63 Å². The SMILES string of the molecule is O=c1oc2cccc(O)c2c(S)c1-c1ccccc1. The molecular formula is C15H10O3S.